The Morgan fingerprint density at radius 2 is 1.88 bits per heavy atom. The Labute approximate surface area is 144 Å². The van der Waals surface area contributed by atoms with Crippen molar-refractivity contribution in [2.75, 3.05) is 6.54 Å². The van der Waals surface area contributed by atoms with Crippen molar-refractivity contribution < 1.29 is 24.9 Å². The van der Waals surface area contributed by atoms with Crippen molar-refractivity contribution >= 4 is 17.7 Å². The van der Waals surface area contributed by atoms with Crippen LogP contribution in [0, 0.1) is 0 Å². The Morgan fingerprint density at radius 1 is 1.17 bits per heavy atom. The van der Waals surface area contributed by atoms with Gasteiger partial charge in [0, 0.05) is 17.1 Å². The molecule has 0 spiro atoms. The highest BCUT2D eigenvalue weighted by atomic mass is 35.5. The second-order valence-corrected chi connectivity index (χ2v) is 5.57. The Balaban J connectivity index is 1.82. The number of hydrogen-bond donors (Lipinski definition) is 4. The van der Waals surface area contributed by atoms with Crippen LogP contribution in [0.15, 0.2) is 48.5 Å². The molecule has 2 atom stereocenters. The minimum absolute atomic E-state index is 0.0871. The van der Waals surface area contributed by atoms with Crippen LogP contribution in [0.1, 0.15) is 17.2 Å². The molecule has 4 N–H and O–H groups in total. The first kappa shape index (κ1) is 18.1. The number of hydrogen-bond acceptors (Lipinski definition) is 5. The summed E-state index contributed by atoms with van der Waals surface area (Å²) in [5, 5.41) is 32.0. The van der Waals surface area contributed by atoms with Crippen LogP contribution >= 0.6 is 11.6 Å². The van der Waals surface area contributed by atoms with E-state index in [4.69, 9.17) is 16.3 Å². The average Bonchev–Trinajstić information content (AvgIpc) is 2.60. The molecule has 6 nitrogen and oxygen atoms in total. The molecule has 0 aliphatic carbocycles. The van der Waals surface area contributed by atoms with Gasteiger partial charge in [0.15, 0.2) is 0 Å². The third-order valence-corrected chi connectivity index (χ3v) is 3.68. The van der Waals surface area contributed by atoms with E-state index in [9.17, 15) is 20.1 Å². The topological polar surface area (TPSA) is 99.0 Å². The Hall–Kier alpha value is -2.28. The van der Waals surface area contributed by atoms with Gasteiger partial charge < -0.3 is 25.4 Å². The van der Waals surface area contributed by atoms with E-state index in [1.165, 1.54) is 18.2 Å². The van der Waals surface area contributed by atoms with Crippen LogP contribution in [-0.2, 0) is 11.3 Å². The molecular weight excluding hydrogens is 334 g/mol. The van der Waals surface area contributed by atoms with Gasteiger partial charge in [-0.15, -0.1) is 0 Å². The molecule has 0 fully saturated rings. The van der Waals surface area contributed by atoms with Crippen LogP contribution < -0.4 is 5.32 Å². The van der Waals surface area contributed by atoms with Gasteiger partial charge in [0.05, 0.1) is 0 Å². The Bertz CT molecular complexity index is 680. The van der Waals surface area contributed by atoms with Crippen LogP contribution in [0.25, 0.3) is 0 Å². The van der Waals surface area contributed by atoms with Gasteiger partial charge in [-0.1, -0.05) is 41.9 Å². The predicted octanol–water partition coefficient (Wildman–Crippen LogP) is 2.37. The second kappa shape index (κ2) is 8.54. The first-order chi connectivity index (χ1) is 11.5. The molecule has 2 unspecified atom stereocenters. The van der Waals surface area contributed by atoms with Crippen LogP contribution in [0.4, 0.5) is 4.79 Å². The van der Waals surface area contributed by atoms with Crippen LogP contribution in [0.5, 0.6) is 5.75 Å². The van der Waals surface area contributed by atoms with Gasteiger partial charge in [-0.05, 0) is 23.8 Å². The highest BCUT2D eigenvalue weighted by Gasteiger charge is 2.22. The third kappa shape index (κ3) is 5.13. The number of rotatable bonds is 6. The number of benzene rings is 2. The van der Waals surface area contributed by atoms with Crippen molar-refractivity contribution in [1.29, 1.82) is 0 Å². The number of aliphatic hydroxyl groups is 2. The molecule has 0 radical (unpaired) electrons. The normalized spacial score (nSPS) is 13.1. The summed E-state index contributed by atoms with van der Waals surface area (Å²) in [6, 6.07) is 13.2. The Morgan fingerprint density at radius 3 is 2.58 bits per heavy atom. The molecule has 1 amide bonds. The van der Waals surface area contributed by atoms with Gasteiger partial charge in [-0.2, -0.15) is 0 Å². The molecule has 0 aliphatic rings. The summed E-state index contributed by atoms with van der Waals surface area (Å²) >= 11 is 5.92. The lowest BCUT2D eigenvalue weighted by Gasteiger charge is -2.19. The van der Waals surface area contributed by atoms with E-state index in [0.717, 1.165) is 5.56 Å². The first-order valence-electron chi connectivity index (χ1n) is 7.26. The zero-order valence-electron chi connectivity index (χ0n) is 12.7. The number of alkyl carbamates (subject to hydrolysis) is 1. The summed E-state index contributed by atoms with van der Waals surface area (Å²) in [4.78, 5) is 11.6. The molecule has 0 saturated carbocycles. The van der Waals surface area contributed by atoms with Crippen molar-refractivity contribution in [1.82, 2.24) is 5.32 Å². The number of amides is 1. The van der Waals surface area contributed by atoms with E-state index >= 15 is 0 Å². The maximum absolute atomic E-state index is 11.6. The summed E-state index contributed by atoms with van der Waals surface area (Å²) in [5.41, 5.74) is 1.00. The van der Waals surface area contributed by atoms with Gasteiger partial charge in [-0.25, -0.2) is 4.79 Å². The highest BCUT2D eigenvalue weighted by molar-refractivity contribution is 6.31. The molecule has 0 aromatic heterocycles. The smallest absolute Gasteiger partial charge is 0.407 e. The van der Waals surface area contributed by atoms with Crippen molar-refractivity contribution in [2.24, 2.45) is 0 Å². The lowest BCUT2D eigenvalue weighted by Crippen LogP contribution is -2.35. The van der Waals surface area contributed by atoms with Gasteiger partial charge in [0.25, 0.3) is 0 Å². The minimum Gasteiger partial charge on any atom is -0.508 e. The molecule has 0 bridgehead atoms. The standard InChI is InChI=1S/C17H18ClNO5/c18-14-7-6-12(20)8-13(14)16(22)15(21)9-19-17(23)24-10-11-4-2-1-3-5-11/h1-8,15-16,20-22H,9-10H2,(H,19,23). The van der Waals surface area contributed by atoms with Crippen molar-refractivity contribution in [2.45, 2.75) is 18.8 Å². The Kier molecular flexibility index (Phi) is 6.43. The van der Waals surface area contributed by atoms with Gasteiger partial charge in [0.1, 0.15) is 24.6 Å². The number of aliphatic hydroxyl groups excluding tert-OH is 2. The fourth-order valence-corrected chi connectivity index (χ4v) is 2.27. The van der Waals surface area contributed by atoms with E-state index in [1.54, 1.807) is 0 Å². The zero-order chi connectivity index (χ0) is 17.5. The molecule has 24 heavy (non-hydrogen) atoms. The summed E-state index contributed by atoms with van der Waals surface area (Å²) in [6.45, 7) is -0.134. The summed E-state index contributed by atoms with van der Waals surface area (Å²) in [7, 11) is 0. The second-order valence-electron chi connectivity index (χ2n) is 5.16. The molecule has 2 aromatic rings. The molecule has 7 heteroatoms. The number of halogens is 1. The lowest BCUT2D eigenvalue weighted by atomic mass is 10.0. The minimum atomic E-state index is -1.36. The monoisotopic (exact) mass is 351 g/mol. The van der Waals surface area contributed by atoms with Gasteiger partial charge >= 0.3 is 6.09 Å². The first-order valence-corrected chi connectivity index (χ1v) is 7.64. The molecular formula is C17H18ClNO5. The fourth-order valence-electron chi connectivity index (χ4n) is 2.04. The SMILES string of the molecule is O=C(NCC(O)C(O)c1cc(O)ccc1Cl)OCc1ccccc1. The van der Waals surface area contributed by atoms with Crippen LogP contribution in [0.3, 0.4) is 0 Å². The summed E-state index contributed by atoms with van der Waals surface area (Å²) < 4.78 is 5.00. The number of phenols is 1. The molecule has 2 rings (SSSR count). The van der Waals surface area contributed by atoms with Crippen molar-refractivity contribution in [3.05, 3.63) is 64.7 Å². The van der Waals surface area contributed by atoms with E-state index in [1.807, 2.05) is 30.3 Å². The summed E-state index contributed by atoms with van der Waals surface area (Å²) in [6.07, 6.45) is -3.39. The van der Waals surface area contributed by atoms with Crippen molar-refractivity contribution in [3.8, 4) is 5.75 Å². The third-order valence-electron chi connectivity index (χ3n) is 3.33. The predicted molar refractivity (Wildman–Crippen MR) is 88.7 cm³/mol. The maximum atomic E-state index is 11.6. The zero-order valence-corrected chi connectivity index (χ0v) is 13.5. The fraction of sp³-hybridized carbons (Fsp3) is 0.235. The van der Waals surface area contributed by atoms with E-state index in [0.29, 0.717) is 0 Å². The van der Waals surface area contributed by atoms with Crippen molar-refractivity contribution in [3.63, 3.8) is 0 Å². The maximum Gasteiger partial charge on any atom is 0.407 e. The largest absolute Gasteiger partial charge is 0.508 e. The number of ether oxygens (including phenoxy) is 1. The van der Waals surface area contributed by atoms with E-state index in [2.05, 4.69) is 5.32 Å². The quantitative estimate of drug-likeness (QED) is 0.640. The summed E-state index contributed by atoms with van der Waals surface area (Å²) in [5.74, 6) is -0.0871. The van der Waals surface area contributed by atoms with E-state index in [-0.39, 0.29) is 29.5 Å². The number of phenolic OH excluding ortho intramolecular Hbond substituents is 1. The van der Waals surface area contributed by atoms with Gasteiger partial charge in [-0.3, -0.25) is 0 Å². The number of carbonyl (C=O) groups is 1. The highest BCUT2D eigenvalue weighted by Crippen LogP contribution is 2.28. The molecule has 0 heterocycles. The van der Waals surface area contributed by atoms with Gasteiger partial charge in [0.2, 0.25) is 0 Å². The number of nitrogens with one attached hydrogen (secondary N) is 1. The number of carbonyl (C=O) groups excluding carboxylic acids is 1. The molecule has 0 saturated heterocycles. The van der Waals surface area contributed by atoms with E-state index < -0.39 is 18.3 Å². The lowest BCUT2D eigenvalue weighted by molar-refractivity contribution is 0.0183. The molecule has 0 aliphatic heterocycles. The van der Waals surface area contributed by atoms with Crippen LogP contribution in [0.2, 0.25) is 5.02 Å². The van der Waals surface area contributed by atoms with Crippen LogP contribution in [-0.4, -0.2) is 34.1 Å². The molecule has 128 valence electrons. The molecule has 2 aromatic carbocycles. The number of aromatic hydroxyl groups is 1. The average molecular weight is 352 g/mol.